The summed E-state index contributed by atoms with van der Waals surface area (Å²) in [5.74, 6) is 0.669. The highest BCUT2D eigenvalue weighted by Crippen LogP contribution is 2.42. The van der Waals surface area contributed by atoms with Crippen LogP contribution in [0.1, 0.15) is 24.8 Å². The summed E-state index contributed by atoms with van der Waals surface area (Å²) in [6.45, 7) is 0. The van der Waals surface area contributed by atoms with E-state index < -0.39 is 15.9 Å². The number of benzene rings is 1. The van der Waals surface area contributed by atoms with Crippen LogP contribution in [0, 0.1) is 0 Å². The van der Waals surface area contributed by atoms with E-state index in [1.807, 2.05) is 6.07 Å². The van der Waals surface area contributed by atoms with E-state index in [0.29, 0.717) is 20.8 Å². The molecule has 2 rings (SSSR count). The minimum absolute atomic E-state index is 0.472. The SMILES string of the molecule is CNC(=S)[C@@]1(c2ccc(Cl)c(Cl)c2)CCCC[S@+]1[O-]. The molecule has 6 heteroatoms. The van der Waals surface area contributed by atoms with Gasteiger partial charge in [-0.25, -0.2) is 0 Å². The molecule has 0 spiro atoms. The largest absolute Gasteiger partial charge is 0.615 e. The van der Waals surface area contributed by atoms with Gasteiger partial charge in [-0.15, -0.1) is 0 Å². The van der Waals surface area contributed by atoms with Crippen molar-refractivity contribution in [2.45, 2.75) is 24.0 Å². The minimum Gasteiger partial charge on any atom is -0.615 e. The van der Waals surface area contributed by atoms with Crippen molar-refractivity contribution in [3.05, 3.63) is 33.8 Å². The fraction of sp³-hybridized carbons (Fsp3) is 0.462. The van der Waals surface area contributed by atoms with Crippen LogP contribution >= 0.6 is 35.4 Å². The van der Waals surface area contributed by atoms with Crippen molar-refractivity contribution in [1.29, 1.82) is 0 Å². The lowest BCUT2D eigenvalue weighted by Crippen LogP contribution is -2.50. The maximum absolute atomic E-state index is 12.6. The Balaban J connectivity index is 2.53. The zero-order chi connectivity index (χ0) is 14.0. The predicted octanol–water partition coefficient (Wildman–Crippen LogP) is 3.67. The molecule has 1 heterocycles. The molecule has 0 bridgehead atoms. The van der Waals surface area contributed by atoms with Crippen LogP contribution in [-0.2, 0) is 15.9 Å². The van der Waals surface area contributed by atoms with Gasteiger partial charge in [0, 0.05) is 19.0 Å². The maximum Gasteiger partial charge on any atom is 0.199 e. The summed E-state index contributed by atoms with van der Waals surface area (Å²) in [6.07, 6.45) is 2.76. The summed E-state index contributed by atoms with van der Waals surface area (Å²) in [4.78, 5) is 0.615. The molecule has 19 heavy (non-hydrogen) atoms. The lowest BCUT2D eigenvalue weighted by atomic mass is 9.91. The first kappa shape index (κ1) is 15.4. The molecule has 0 amide bonds. The number of hydrogen-bond acceptors (Lipinski definition) is 2. The Hall–Kier alpha value is -0.0000000000000000763. The van der Waals surface area contributed by atoms with E-state index in [1.165, 1.54) is 0 Å². The summed E-state index contributed by atoms with van der Waals surface area (Å²) in [6, 6.07) is 5.41. The van der Waals surface area contributed by atoms with Gasteiger partial charge in [-0.05, 0) is 36.2 Å². The molecule has 1 N–H and O–H groups in total. The van der Waals surface area contributed by atoms with Crippen molar-refractivity contribution in [2.75, 3.05) is 12.8 Å². The van der Waals surface area contributed by atoms with Crippen molar-refractivity contribution in [3.8, 4) is 0 Å². The van der Waals surface area contributed by atoms with E-state index in [2.05, 4.69) is 5.32 Å². The number of thiocarbonyl (C=S) groups is 1. The van der Waals surface area contributed by atoms with Gasteiger partial charge in [0.05, 0.1) is 10.0 Å². The topological polar surface area (TPSA) is 35.1 Å². The van der Waals surface area contributed by atoms with E-state index in [9.17, 15) is 4.55 Å². The minimum atomic E-state index is -1.04. The molecule has 1 aromatic rings. The number of likely N-dealkylation sites (N-methyl/N-ethyl adjacent to an activating group) is 1. The summed E-state index contributed by atoms with van der Waals surface area (Å²) in [5.41, 5.74) is 0.888. The molecular formula is C13H15Cl2NOS2. The van der Waals surface area contributed by atoms with E-state index in [0.717, 1.165) is 24.8 Å². The van der Waals surface area contributed by atoms with Crippen molar-refractivity contribution < 1.29 is 4.55 Å². The highest BCUT2D eigenvalue weighted by Gasteiger charge is 2.49. The van der Waals surface area contributed by atoms with Crippen LogP contribution in [-0.4, -0.2) is 22.3 Å². The van der Waals surface area contributed by atoms with E-state index in [1.54, 1.807) is 19.2 Å². The van der Waals surface area contributed by atoms with Gasteiger partial charge in [-0.3, -0.25) is 0 Å². The van der Waals surface area contributed by atoms with Crippen LogP contribution in [0.15, 0.2) is 18.2 Å². The van der Waals surface area contributed by atoms with Gasteiger partial charge in [0.1, 0.15) is 10.7 Å². The molecule has 0 aliphatic carbocycles. The highest BCUT2D eigenvalue weighted by molar-refractivity contribution is 7.95. The summed E-state index contributed by atoms with van der Waals surface area (Å²) in [7, 11) is 1.77. The fourth-order valence-corrected chi connectivity index (χ4v) is 5.15. The number of rotatable bonds is 2. The standard InChI is InChI=1S/C13H15Cl2NOS2/c1-16-12(18)13(6-2-3-7-19(13)17)9-4-5-10(14)11(15)8-9/h4-5,8H,2-3,6-7H2,1H3,(H,16,18)/t13-,19-/m0/s1. The molecule has 104 valence electrons. The first-order valence-corrected chi connectivity index (χ1v) is 8.57. The molecule has 1 aromatic carbocycles. The summed E-state index contributed by atoms with van der Waals surface area (Å²) >= 11 is 16.5. The van der Waals surface area contributed by atoms with Gasteiger partial charge in [-0.2, -0.15) is 0 Å². The van der Waals surface area contributed by atoms with Gasteiger partial charge in [-0.1, -0.05) is 41.5 Å². The Labute approximate surface area is 132 Å². The molecule has 1 saturated heterocycles. The Morgan fingerprint density at radius 3 is 2.68 bits per heavy atom. The second kappa shape index (κ2) is 6.19. The maximum atomic E-state index is 12.6. The molecule has 0 aromatic heterocycles. The predicted molar refractivity (Wildman–Crippen MR) is 86.7 cm³/mol. The molecule has 2 nitrogen and oxygen atoms in total. The van der Waals surface area contributed by atoms with Crippen molar-refractivity contribution in [3.63, 3.8) is 0 Å². The Bertz CT molecular complexity index is 498. The Morgan fingerprint density at radius 2 is 2.11 bits per heavy atom. The quantitative estimate of drug-likeness (QED) is 0.661. The second-order valence-corrected chi connectivity index (χ2v) is 7.56. The van der Waals surface area contributed by atoms with Crippen LogP contribution in [0.2, 0.25) is 10.0 Å². The Morgan fingerprint density at radius 1 is 1.37 bits per heavy atom. The van der Waals surface area contributed by atoms with E-state index in [4.69, 9.17) is 35.4 Å². The average Bonchev–Trinajstić information content (AvgIpc) is 2.42. The molecular weight excluding hydrogens is 321 g/mol. The number of nitrogens with one attached hydrogen (secondary N) is 1. The number of halogens is 2. The van der Waals surface area contributed by atoms with Crippen LogP contribution < -0.4 is 5.32 Å². The third kappa shape index (κ3) is 2.74. The molecule has 1 fully saturated rings. The smallest absolute Gasteiger partial charge is 0.199 e. The van der Waals surface area contributed by atoms with Gasteiger partial charge < -0.3 is 9.87 Å². The van der Waals surface area contributed by atoms with Gasteiger partial charge in [0.2, 0.25) is 0 Å². The monoisotopic (exact) mass is 335 g/mol. The highest BCUT2D eigenvalue weighted by atomic mass is 35.5. The zero-order valence-electron chi connectivity index (χ0n) is 10.5. The van der Waals surface area contributed by atoms with Gasteiger partial charge >= 0.3 is 0 Å². The zero-order valence-corrected chi connectivity index (χ0v) is 13.7. The van der Waals surface area contributed by atoms with Crippen LogP contribution in [0.3, 0.4) is 0 Å². The van der Waals surface area contributed by atoms with Gasteiger partial charge in [0.25, 0.3) is 0 Å². The molecule has 2 atom stereocenters. The Kier molecular flexibility index (Phi) is 5.01. The summed E-state index contributed by atoms with van der Waals surface area (Å²) in [5, 5.41) is 3.97. The number of hydrogen-bond donors (Lipinski definition) is 1. The average molecular weight is 336 g/mol. The van der Waals surface area contributed by atoms with E-state index >= 15 is 0 Å². The molecule has 1 aliphatic heterocycles. The molecule has 1 aliphatic rings. The fourth-order valence-electron chi connectivity index (χ4n) is 2.47. The molecule has 0 radical (unpaired) electrons. The van der Waals surface area contributed by atoms with Crippen molar-refractivity contribution in [1.82, 2.24) is 5.32 Å². The third-order valence-corrected chi connectivity index (χ3v) is 6.98. The second-order valence-electron chi connectivity index (χ2n) is 4.54. The first-order valence-electron chi connectivity index (χ1n) is 6.08. The lowest BCUT2D eigenvalue weighted by molar-refractivity contribution is 0.514. The molecule has 0 unspecified atom stereocenters. The van der Waals surface area contributed by atoms with Crippen LogP contribution in [0.25, 0.3) is 0 Å². The normalized spacial score (nSPS) is 27.1. The van der Waals surface area contributed by atoms with Gasteiger partial charge in [0.15, 0.2) is 4.75 Å². The molecule has 0 saturated carbocycles. The third-order valence-electron chi connectivity index (χ3n) is 3.48. The van der Waals surface area contributed by atoms with Crippen LogP contribution in [0.4, 0.5) is 0 Å². The van der Waals surface area contributed by atoms with E-state index in [-0.39, 0.29) is 0 Å². The first-order chi connectivity index (χ1) is 9.02. The van der Waals surface area contributed by atoms with Crippen molar-refractivity contribution >= 4 is 51.6 Å². The lowest BCUT2D eigenvalue weighted by Gasteiger charge is -2.39. The van der Waals surface area contributed by atoms with Crippen LogP contribution in [0.5, 0.6) is 0 Å². The van der Waals surface area contributed by atoms with Crippen molar-refractivity contribution in [2.24, 2.45) is 0 Å². The summed E-state index contributed by atoms with van der Waals surface area (Å²) < 4.78 is 12.0.